The number of aliphatic carboxylic acids is 1. The normalized spacial score (nSPS) is 11.8. The summed E-state index contributed by atoms with van der Waals surface area (Å²) < 4.78 is 22.7. The minimum Gasteiger partial charge on any atom is -0.497 e. The standard InChI is InChI=1S/C24H27NO6/c1-4-29-22(24(26)27)12-16-8-6-7-9-21(16)31-15-17-14-25-20-11-10-18(28-3)13-19(20)23(17)30-5-2/h6-11,13-14,22H,4-5,12,15H2,1-3H3,(H,26,27). The Labute approximate surface area is 181 Å². The summed E-state index contributed by atoms with van der Waals surface area (Å²) in [6.45, 7) is 4.73. The zero-order chi connectivity index (χ0) is 22.2. The van der Waals surface area contributed by atoms with E-state index in [-0.39, 0.29) is 13.0 Å². The monoisotopic (exact) mass is 425 g/mol. The molecule has 7 heteroatoms. The van der Waals surface area contributed by atoms with E-state index in [2.05, 4.69) is 4.98 Å². The number of para-hydroxylation sites is 1. The average molecular weight is 425 g/mol. The molecule has 1 unspecified atom stereocenters. The maximum atomic E-state index is 11.5. The highest BCUT2D eigenvalue weighted by atomic mass is 16.5. The van der Waals surface area contributed by atoms with Crippen molar-refractivity contribution in [1.29, 1.82) is 0 Å². The van der Waals surface area contributed by atoms with Crippen molar-refractivity contribution in [3.63, 3.8) is 0 Å². The summed E-state index contributed by atoms with van der Waals surface area (Å²) in [5.74, 6) is 1.01. The van der Waals surface area contributed by atoms with E-state index in [0.29, 0.717) is 30.5 Å². The van der Waals surface area contributed by atoms with E-state index in [1.165, 1.54) is 0 Å². The molecular formula is C24H27NO6. The van der Waals surface area contributed by atoms with Crippen molar-refractivity contribution >= 4 is 16.9 Å². The number of nitrogens with zero attached hydrogens (tertiary/aromatic N) is 1. The molecule has 2 aromatic carbocycles. The summed E-state index contributed by atoms with van der Waals surface area (Å²) in [6, 6.07) is 13.0. The number of carboxylic acids is 1. The number of ether oxygens (including phenoxy) is 4. The molecule has 1 N–H and O–H groups in total. The molecule has 0 amide bonds. The Morgan fingerprint density at radius 3 is 2.58 bits per heavy atom. The van der Waals surface area contributed by atoms with Crippen LogP contribution in [0.3, 0.4) is 0 Å². The Kier molecular flexibility index (Phi) is 7.67. The lowest BCUT2D eigenvalue weighted by molar-refractivity contribution is -0.149. The third kappa shape index (κ3) is 5.44. The SMILES string of the molecule is CCOc1c(COc2ccccc2CC(OCC)C(=O)O)cnc2ccc(OC)cc12. The van der Waals surface area contributed by atoms with Crippen LogP contribution in [0.25, 0.3) is 10.9 Å². The number of methoxy groups -OCH3 is 1. The predicted octanol–water partition coefficient (Wildman–Crippen LogP) is 4.25. The van der Waals surface area contributed by atoms with Gasteiger partial charge in [0.25, 0.3) is 0 Å². The van der Waals surface area contributed by atoms with Crippen molar-refractivity contribution < 1.29 is 28.8 Å². The van der Waals surface area contributed by atoms with Crippen molar-refractivity contribution in [2.45, 2.75) is 33.0 Å². The van der Waals surface area contributed by atoms with E-state index in [9.17, 15) is 9.90 Å². The molecule has 0 bridgehead atoms. The van der Waals surface area contributed by atoms with Crippen LogP contribution in [-0.4, -0.2) is 42.5 Å². The van der Waals surface area contributed by atoms with Crippen LogP contribution < -0.4 is 14.2 Å². The second-order valence-corrected chi connectivity index (χ2v) is 6.81. The summed E-state index contributed by atoms with van der Waals surface area (Å²) >= 11 is 0. The Bertz CT molecular complexity index is 1040. The maximum absolute atomic E-state index is 11.5. The third-order valence-electron chi connectivity index (χ3n) is 4.79. The van der Waals surface area contributed by atoms with Gasteiger partial charge in [-0.3, -0.25) is 4.98 Å². The van der Waals surface area contributed by atoms with Crippen LogP contribution in [0.2, 0.25) is 0 Å². The summed E-state index contributed by atoms with van der Waals surface area (Å²) in [5.41, 5.74) is 2.35. The summed E-state index contributed by atoms with van der Waals surface area (Å²) in [7, 11) is 1.62. The predicted molar refractivity (Wildman–Crippen MR) is 117 cm³/mol. The van der Waals surface area contributed by atoms with Gasteiger partial charge in [-0.1, -0.05) is 18.2 Å². The van der Waals surface area contributed by atoms with Crippen LogP contribution in [0, 0.1) is 0 Å². The lowest BCUT2D eigenvalue weighted by Gasteiger charge is -2.17. The van der Waals surface area contributed by atoms with Crippen LogP contribution in [-0.2, 0) is 22.6 Å². The molecule has 0 saturated carbocycles. The molecule has 7 nitrogen and oxygen atoms in total. The zero-order valence-corrected chi connectivity index (χ0v) is 18.0. The Morgan fingerprint density at radius 2 is 1.87 bits per heavy atom. The number of benzene rings is 2. The van der Waals surface area contributed by atoms with Crippen molar-refractivity contribution in [3.05, 3.63) is 59.8 Å². The van der Waals surface area contributed by atoms with Gasteiger partial charge in [0.15, 0.2) is 6.10 Å². The molecule has 3 rings (SSSR count). The molecule has 0 fully saturated rings. The molecule has 0 aliphatic heterocycles. The van der Waals surface area contributed by atoms with E-state index in [1.807, 2.05) is 49.4 Å². The summed E-state index contributed by atoms with van der Waals surface area (Å²) in [6.07, 6.45) is 1.02. The molecule has 0 spiro atoms. The Hall–Kier alpha value is -3.32. The fraction of sp³-hybridized carbons (Fsp3) is 0.333. The molecule has 1 heterocycles. The van der Waals surface area contributed by atoms with Gasteiger partial charge < -0.3 is 24.1 Å². The van der Waals surface area contributed by atoms with Gasteiger partial charge in [-0.25, -0.2) is 4.79 Å². The van der Waals surface area contributed by atoms with E-state index in [0.717, 1.165) is 22.0 Å². The highest BCUT2D eigenvalue weighted by Crippen LogP contribution is 2.32. The van der Waals surface area contributed by atoms with Gasteiger partial charge in [0.1, 0.15) is 23.9 Å². The topological polar surface area (TPSA) is 87.1 Å². The number of carboxylic acid groups (broad SMARTS) is 1. The van der Waals surface area contributed by atoms with Gasteiger partial charge in [-0.15, -0.1) is 0 Å². The highest BCUT2D eigenvalue weighted by Gasteiger charge is 2.20. The smallest absolute Gasteiger partial charge is 0.333 e. The highest BCUT2D eigenvalue weighted by molar-refractivity contribution is 5.87. The molecule has 1 atom stereocenters. The van der Waals surface area contributed by atoms with Crippen LogP contribution in [0.1, 0.15) is 25.0 Å². The number of rotatable bonds is 11. The van der Waals surface area contributed by atoms with Gasteiger partial charge in [-0.2, -0.15) is 0 Å². The van der Waals surface area contributed by atoms with E-state index in [4.69, 9.17) is 18.9 Å². The van der Waals surface area contributed by atoms with Crippen molar-refractivity contribution in [1.82, 2.24) is 4.98 Å². The largest absolute Gasteiger partial charge is 0.497 e. The lowest BCUT2D eigenvalue weighted by Crippen LogP contribution is -2.26. The number of hydrogen-bond donors (Lipinski definition) is 1. The van der Waals surface area contributed by atoms with Crippen LogP contribution in [0.15, 0.2) is 48.7 Å². The molecule has 1 aromatic heterocycles. The van der Waals surface area contributed by atoms with Crippen LogP contribution in [0.4, 0.5) is 0 Å². The van der Waals surface area contributed by atoms with Gasteiger partial charge in [-0.05, 0) is 43.7 Å². The number of pyridine rings is 1. The second-order valence-electron chi connectivity index (χ2n) is 6.81. The first-order valence-electron chi connectivity index (χ1n) is 10.2. The minimum atomic E-state index is -0.997. The Morgan fingerprint density at radius 1 is 1.06 bits per heavy atom. The number of carbonyl (C=O) groups is 1. The lowest BCUT2D eigenvalue weighted by atomic mass is 10.1. The first-order valence-corrected chi connectivity index (χ1v) is 10.2. The van der Waals surface area contributed by atoms with E-state index >= 15 is 0 Å². The second kappa shape index (κ2) is 10.6. The average Bonchev–Trinajstić information content (AvgIpc) is 2.78. The van der Waals surface area contributed by atoms with Crippen LogP contribution >= 0.6 is 0 Å². The Balaban J connectivity index is 1.87. The quantitative estimate of drug-likeness (QED) is 0.491. The minimum absolute atomic E-state index is 0.213. The van der Waals surface area contributed by atoms with Gasteiger partial charge in [0.05, 0.1) is 24.8 Å². The van der Waals surface area contributed by atoms with Gasteiger partial charge in [0, 0.05) is 24.6 Å². The van der Waals surface area contributed by atoms with Crippen molar-refractivity contribution in [3.8, 4) is 17.2 Å². The van der Waals surface area contributed by atoms with Gasteiger partial charge >= 0.3 is 5.97 Å². The maximum Gasteiger partial charge on any atom is 0.333 e. The number of aromatic nitrogens is 1. The molecule has 0 saturated heterocycles. The molecule has 0 aliphatic rings. The van der Waals surface area contributed by atoms with Gasteiger partial charge in [0.2, 0.25) is 0 Å². The summed E-state index contributed by atoms with van der Waals surface area (Å²) in [5, 5.41) is 10.2. The molecule has 0 aliphatic carbocycles. The number of fused-ring (bicyclic) bond motifs is 1. The first kappa shape index (κ1) is 22.4. The first-order chi connectivity index (χ1) is 15.1. The van der Waals surface area contributed by atoms with Crippen LogP contribution in [0.5, 0.6) is 17.2 Å². The fourth-order valence-corrected chi connectivity index (χ4v) is 3.32. The molecule has 0 radical (unpaired) electrons. The molecular weight excluding hydrogens is 398 g/mol. The van der Waals surface area contributed by atoms with Crippen molar-refractivity contribution in [2.24, 2.45) is 0 Å². The van der Waals surface area contributed by atoms with E-state index in [1.54, 1.807) is 20.2 Å². The molecule has 3 aromatic rings. The molecule has 31 heavy (non-hydrogen) atoms. The fourth-order valence-electron chi connectivity index (χ4n) is 3.32. The summed E-state index contributed by atoms with van der Waals surface area (Å²) in [4.78, 5) is 16.0. The zero-order valence-electron chi connectivity index (χ0n) is 18.0. The molecule has 164 valence electrons. The van der Waals surface area contributed by atoms with E-state index < -0.39 is 12.1 Å². The number of hydrogen-bond acceptors (Lipinski definition) is 6. The third-order valence-corrected chi connectivity index (χ3v) is 4.79. The van der Waals surface area contributed by atoms with Crippen molar-refractivity contribution in [2.75, 3.05) is 20.3 Å².